The topological polar surface area (TPSA) is 12.0 Å². The minimum absolute atomic E-state index is 0.328. The maximum atomic E-state index is 3.70. The molecule has 15 heavy (non-hydrogen) atoms. The van der Waals surface area contributed by atoms with E-state index < -0.39 is 0 Å². The minimum Gasteiger partial charge on any atom is -0.307 e. The van der Waals surface area contributed by atoms with E-state index >= 15 is 0 Å². The average Bonchev–Trinajstić information content (AvgIpc) is 2.67. The SMILES string of the molecule is CCC(CC)(CC)NCc1csc(Br)c1. The zero-order chi connectivity index (χ0) is 11.3. The summed E-state index contributed by atoms with van der Waals surface area (Å²) in [5, 5.41) is 5.91. The van der Waals surface area contributed by atoms with Crippen molar-refractivity contribution in [2.24, 2.45) is 0 Å². The van der Waals surface area contributed by atoms with Crippen molar-refractivity contribution in [3.63, 3.8) is 0 Å². The average molecular weight is 290 g/mol. The Kier molecular flexibility index (Phi) is 5.30. The summed E-state index contributed by atoms with van der Waals surface area (Å²) in [6.45, 7) is 7.79. The van der Waals surface area contributed by atoms with Crippen LogP contribution in [0.2, 0.25) is 0 Å². The molecule has 1 heterocycles. The van der Waals surface area contributed by atoms with Gasteiger partial charge in [-0.2, -0.15) is 0 Å². The summed E-state index contributed by atoms with van der Waals surface area (Å²) in [5.74, 6) is 0. The highest BCUT2D eigenvalue weighted by Gasteiger charge is 2.22. The Labute approximate surface area is 105 Å². The van der Waals surface area contributed by atoms with Crippen molar-refractivity contribution in [3.05, 3.63) is 20.8 Å². The second kappa shape index (κ2) is 6.02. The Hall–Kier alpha value is 0.140. The van der Waals surface area contributed by atoms with Gasteiger partial charge in [0.1, 0.15) is 0 Å². The van der Waals surface area contributed by atoms with Crippen LogP contribution in [0.5, 0.6) is 0 Å². The largest absolute Gasteiger partial charge is 0.307 e. The molecule has 0 amide bonds. The van der Waals surface area contributed by atoms with Gasteiger partial charge in [0.15, 0.2) is 0 Å². The van der Waals surface area contributed by atoms with Crippen molar-refractivity contribution in [2.45, 2.75) is 52.1 Å². The molecule has 0 spiro atoms. The number of nitrogens with one attached hydrogen (secondary N) is 1. The van der Waals surface area contributed by atoms with Crippen molar-refractivity contribution in [1.82, 2.24) is 5.32 Å². The Bertz CT molecular complexity index is 283. The summed E-state index contributed by atoms with van der Waals surface area (Å²) < 4.78 is 1.22. The molecule has 0 aromatic carbocycles. The highest BCUT2D eigenvalue weighted by molar-refractivity contribution is 9.11. The lowest BCUT2D eigenvalue weighted by atomic mass is 9.89. The van der Waals surface area contributed by atoms with Gasteiger partial charge < -0.3 is 5.32 Å². The second-order valence-electron chi connectivity index (χ2n) is 3.95. The first-order chi connectivity index (χ1) is 7.15. The van der Waals surface area contributed by atoms with Crippen molar-refractivity contribution in [3.8, 4) is 0 Å². The van der Waals surface area contributed by atoms with Gasteiger partial charge in [0, 0.05) is 12.1 Å². The molecule has 1 N–H and O–H groups in total. The number of thiophene rings is 1. The molecular formula is C12H20BrNS. The molecule has 1 nitrogen and oxygen atoms in total. The van der Waals surface area contributed by atoms with Gasteiger partial charge in [-0.3, -0.25) is 0 Å². The lowest BCUT2D eigenvalue weighted by Crippen LogP contribution is -2.42. The van der Waals surface area contributed by atoms with E-state index in [0.717, 1.165) is 6.54 Å². The van der Waals surface area contributed by atoms with E-state index in [1.807, 2.05) is 0 Å². The highest BCUT2D eigenvalue weighted by atomic mass is 79.9. The fourth-order valence-corrected chi connectivity index (χ4v) is 3.06. The molecule has 0 saturated carbocycles. The molecule has 1 aromatic heterocycles. The predicted octanol–water partition coefficient (Wildman–Crippen LogP) is 4.57. The van der Waals surface area contributed by atoms with Gasteiger partial charge in [0.05, 0.1) is 3.79 Å². The molecule has 0 atom stereocenters. The molecule has 0 aliphatic carbocycles. The summed E-state index contributed by atoms with van der Waals surface area (Å²) in [6, 6.07) is 2.20. The predicted molar refractivity (Wildman–Crippen MR) is 72.5 cm³/mol. The monoisotopic (exact) mass is 289 g/mol. The number of hydrogen-bond donors (Lipinski definition) is 1. The maximum Gasteiger partial charge on any atom is 0.0701 e. The Morgan fingerprint density at radius 1 is 1.27 bits per heavy atom. The van der Waals surface area contributed by atoms with E-state index in [-0.39, 0.29) is 0 Å². The molecule has 0 aliphatic heterocycles. The first-order valence-corrected chi connectivity index (χ1v) is 7.31. The summed E-state index contributed by atoms with van der Waals surface area (Å²) in [4.78, 5) is 0. The molecule has 3 heteroatoms. The van der Waals surface area contributed by atoms with Gasteiger partial charge in [-0.1, -0.05) is 20.8 Å². The molecule has 0 bridgehead atoms. The lowest BCUT2D eigenvalue weighted by molar-refractivity contribution is 0.288. The first-order valence-electron chi connectivity index (χ1n) is 5.63. The third kappa shape index (κ3) is 3.58. The van der Waals surface area contributed by atoms with Crippen LogP contribution >= 0.6 is 27.3 Å². The van der Waals surface area contributed by atoms with Crippen LogP contribution in [0.4, 0.5) is 0 Å². The van der Waals surface area contributed by atoms with Gasteiger partial charge in [0.25, 0.3) is 0 Å². The quantitative estimate of drug-likeness (QED) is 0.809. The van der Waals surface area contributed by atoms with Gasteiger partial charge in [-0.15, -0.1) is 11.3 Å². The smallest absolute Gasteiger partial charge is 0.0701 e. The highest BCUT2D eigenvalue weighted by Crippen LogP contribution is 2.23. The van der Waals surface area contributed by atoms with Crippen LogP contribution in [0, 0.1) is 0 Å². The van der Waals surface area contributed by atoms with Crippen molar-refractivity contribution in [1.29, 1.82) is 0 Å². The van der Waals surface area contributed by atoms with Gasteiger partial charge >= 0.3 is 0 Å². The zero-order valence-electron chi connectivity index (χ0n) is 9.77. The van der Waals surface area contributed by atoms with Crippen molar-refractivity contribution < 1.29 is 0 Å². The number of hydrogen-bond acceptors (Lipinski definition) is 2. The van der Waals surface area contributed by atoms with Crippen molar-refractivity contribution >= 4 is 27.3 Å². The molecule has 0 aliphatic rings. The lowest BCUT2D eigenvalue weighted by Gasteiger charge is -2.31. The fraction of sp³-hybridized carbons (Fsp3) is 0.667. The maximum absolute atomic E-state index is 3.70. The molecule has 1 aromatic rings. The van der Waals surface area contributed by atoms with Crippen LogP contribution in [0.3, 0.4) is 0 Å². The molecule has 0 radical (unpaired) electrons. The first kappa shape index (κ1) is 13.2. The fourth-order valence-electron chi connectivity index (χ4n) is 1.85. The van der Waals surface area contributed by atoms with E-state index in [4.69, 9.17) is 0 Å². The van der Waals surface area contributed by atoms with E-state index in [9.17, 15) is 0 Å². The summed E-state index contributed by atoms with van der Waals surface area (Å²) >= 11 is 5.25. The van der Waals surface area contributed by atoms with Crippen LogP contribution < -0.4 is 5.32 Å². The van der Waals surface area contributed by atoms with E-state index in [1.54, 1.807) is 11.3 Å². The Morgan fingerprint density at radius 2 is 1.87 bits per heavy atom. The van der Waals surface area contributed by atoms with Gasteiger partial charge in [-0.25, -0.2) is 0 Å². The Balaban J connectivity index is 2.54. The molecule has 86 valence electrons. The van der Waals surface area contributed by atoms with Crippen LogP contribution in [0.25, 0.3) is 0 Å². The standard InChI is InChI=1S/C12H20BrNS/c1-4-12(5-2,6-3)14-8-10-7-11(13)15-9-10/h7,9,14H,4-6,8H2,1-3H3. The van der Waals surface area contributed by atoms with E-state index in [0.29, 0.717) is 5.54 Å². The second-order valence-corrected chi connectivity index (χ2v) is 6.24. The van der Waals surface area contributed by atoms with E-state index in [2.05, 4.69) is 53.5 Å². The number of halogens is 1. The molecule has 0 fully saturated rings. The van der Waals surface area contributed by atoms with Gasteiger partial charge in [-0.05, 0) is 52.2 Å². The minimum atomic E-state index is 0.328. The van der Waals surface area contributed by atoms with Gasteiger partial charge in [0.2, 0.25) is 0 Å². The number of rotatable bonds is 6. The van der Waals surface area contributed by atoms with E-state index in [1.165, 1.54) is 28.6 Å². The van der Waals surface area contributed by atoms with Crippen LogP contribution in [-0.2, 0) is 6.54 Å². The summed E-state index contributed by atoms with van der Waals surface area (Å²) in [6.07, 6.45) is 3.60. The molecule has 0 unspecified atom stereocenters. The normalized spacial score (nSPS) is 12.0. The molecule has 0 saturated heterocycles. The zero-order valence-corrected chi connectivity index (χ0v) is 12.2. The molecule has 1 rings (SSSR count). The summed E-state index contributed by atoms with van der Waals surface area (Å²) in [7, 11) is 0. The third-order valence-electron chi connectivity index (χ3n) is 3.32. The Morgan fingerprint density at radius 3 is 2.27 bits per heavy atom. The van der Waals surface area contributed by atoms with Crippen LogP contribution in [0.15, 0.2) is 15.2 Å². The van der Waals surface area contributed by atoms with Crippen molar-refractivity contribution in [2.75, 3.05) is 0 Å². The summed E-state index contributed by atoms with van der Waals surface area (Å²) in [5.41, 5.74) is 1.71. The van der Waals surface area contributed by atoms with Crippen LogP contribution in [0.1, 0.15) is 45.6 Å². The third-order valence-corrected chi connectivity index (χ3v) is 4.87. The van der Waals surface area contributed by atoms with Crippen LogP contribution in [-0.4, -0.2) is 5.54 Å². The molecular weight excluding hydrogens is 270 g/mol.